The second kappa shape index (κ2) is 11.0. The van der Waals surface area contributed by atoms with Crippen LogP contribution in [0.25, 0.3) is 0 Å². The molecule has 4 N–H and O–H groups in total. The number of halogens is 1. The Labute approximate surface area is 142 Å². The average Bonchev–Trinajstić information content (AvgIpc) is 2.51. The van der Waals surface area contributed by atoms with Crippen LogP contribution in [0, 0.1) is 0 Å². The number of nitrogens with two attached hydrogens (primary N) is 1. The van der Waals surface area contributed by atoms with Gasteiger partial charge in [0.2, 0.25) is 5.91 Å². The first-order valence-corrected chi connectivity index (χ1v) is 6.96. The van der Waals surface area contributed by atoms with Crippen LogP contribution in [0.4, 0.5) is 11.4 Å². The summed E-state index contributed by atoms with van der Waals surface area (Å²) in [5, 5.41) is 5.45. The van der Waals surface area contributed by atoms with Gasteiger partial charge in [-0.15, -0.1) is 12.4 Å². The minimum absolute atomic E-state index is 0. The Morgan fingerprint density at radius 2 is 1.78 bits per heavy atom. The third kappa shape index (κ3) is 7.43. The van der Waals surface area contributed by atoms with Gasteiger partial charge in [-0.2, -0.15) is 0 Å². The summed E-state index contributed by atoms with van der Waals surface area (Å²) < 4.78 is 10.0. The van der Waals surface area contributed by atoms with E-state index in [9.17, 15) is 9.59 Å². The molecule has 0 radical (unpaired) electrons. The highest BCUT2D eigenvalue weighted by atomic mass is 35.5. The maximum atomic E-state index is 11.9. The van der Waals surface area contributed by atoms with Gasteiger partial charge >= 0.3 is 0 Å². The Morgan fingerprint density at radius 1 is 1.17 bits per heavy atom. The summed E-state index contributed by atoms with van der Waals surface area (Å²) in [6, 6.07) is 6.87. The lowest BCUT2D eigenvalue weighted by Crippen LogP contribution is -2.28. The van der Waals surface area contributed by atoms with Crippen LogP contribution in [-0.4, -0.2) is 44.8 Å². The lowest BCUT2D eigenvalue weighted by Gasteiger charge is -2.14. The second-order valence-corrected chi connectivity index (χ2v) is 4.79. The molecule has 2 atom stereocenters. The molecule has 2 unspecified atom stereocenters. The molecule has 0 saturated carbocycles. The lowest BCUT2D eigenvalue weighted by molar-refractivity contribution is -0.124. The molecule has 0 bridgehead atoms. The zero-order valence-electron chi connectivity index (χ0n) is 13.5. The number of rotatable bonds is 8. The van der Waals surface area contributed by atoms with E-state index in [0.29, 0.717) is 11.4 Å². The van der Waals surface area contributed by atoms with Crippen LogP contribution < -0.4 is 16.4 Å². The molecule has 0 aliphatic rings. The van der Waals surface area contributed by atoms with E-state index in [2.05, 4.69) is 10.6 Å². The molecule has 0 spiro atoms. The van der Waals surface area contributed by atoms with Crippen LogP contribution in [0.5, 0.6) is 0 Å². The standard InChI is InChI=1S/C15H23N3O4.ClH/c1-10(21-2)15(20)18-12-6-4-5-11(7-12)17-14(19)8-13(9-16)22-3;/h4-7,10,13H,8-9,16H2,1-3H3,(H,17,19)(H,18,20);1H. The van der Waals surface area contributed by atoms with Crippen molar-refractivity contribution in [3.63, 3.8) is 0 Å². The molecule has 0 saturated heterocycles. The molecule has 1 rings (SSSR count). The van der Waals surface area contributed by atoms with E-state index in [0.717, 1.165) is 0 Å². The Hall–Kier alpha value is -1.67. The summed E-state index contributed by atoms with van der Waals surface area (Å²) in [5.74, 6) is -0.459. The van der Waals surface area contributed by atoms with Gasteiger partial charge < -0.3 is 25.8 Å². The Balaban J connectivity index is 0.00000484. The summed E-state index contributed by atoms with van der Waals surface area (Å²) in [7, 11) is 2.97. The summed E-state index contributed by atoms with van der Waals surface area (Å²) in [5.41, 5.74) is 6.64. The summed E-state index contributed by atoms with van der Waals surface area (Å²) in [4.78, 5) is 23.6. The van der Waals surface area contributed by atoms with Crippen molar-refractivity contribution in [3.05, 3.63) is 24.3 Å². The number of carbonyl (C=O) groups excluding carboxylic acids is 2. The first kappa shape index (κ1) is 21.3. The van der Waals surface area contributed by atoms with Crippen LogP contribution in [-0.2, 0) is 19.1 Å². The van der Waals surface area contributed by atoms with Crippen molar-refractivity contribution in [1.29, 1.82) is 0 Å². The van der Waals surface area contributed by atoms with Gasteiger partial charge in [-0.3, -0.25) is 9.59 Å². The van der Waals surface area contributed by atoms with E-state index in [1.54, 1.807) is 31.2 Å². The van der Waals surface area contributed by atoms with Crippen LogP contribution in [0.3, 0.4) is 0 Å². The van der Waals surface area contributed by atoms with Crippen LogP contribution >= 0.6 is 12.4 Å². The monoisotopic (exact) mass is 345 g/mol. The molecular formula is C15H24ClN3O4. The summed E-state index contributed by atoms with van der Waals surface area (Å²) in [6.07, 6.45) is -0.694. The van der Waals surface area contributed by atoms with Crippen molar-refractivity contribution in [2.45, 2.75) is 25.6 Å². The number of anilines is 2. The molecule has 0 fully saturated rings. The molecule has 0 aromatic heterocycles. The van der Waals surface area contributed by atoms with E-state index in [1.807, 2.05) is 0 Å². The smallest absolute Gasteiger partial charge is 0.253 e. The topological polar surface area (TPSA) is 103 Å². The molecule has 2 amide bonds. The van der Waals surface area contributed by atoms with Crippen molar-refractivity contribution in [1.82, 2.24) is 0 Å². The fourth-order valence-corrected chi connectivity index (χ4v) is 1.71. The van der Waals surface area contributed by atoms with E-state index in [1.165, 1.54) is 14.2 Å². The zero-order chi connectivity index (χ0) is 16.5. The summed E-state index contributed by atoms with van der Waals surface area (Å²) in [6.45, 7) is 1.92. The number of benzene rings is 1. The lowest BCUT2D eigenvalue weighted by atomic mass is 10.2. The molecule has 0 aliphatic heterocycles. The third-order valence-electron chi connectivity index (χ3n) is 3.15. The Morgan fingerprint density at radius 3 is 2.30 bits per heavy atom. The largest absolute Gasteiger partial charge is 0.380 e. The number of ether oxygens (including phenoxy) is 2. The van der Waals surface area contributed by atoms with Crippen LogP contribution in [0.15, 0.2) is 24.3 Å². The minimum atomic E-state index is -0.551. The first-order valence-electron chi connectivity index (χ1n) is 6.96. The molecule has 1 aromatic rings. The van der Waals surface area contributed by atoms with E-state index in [-0.39, 0.29) is 43.3 Å². The van der Waals surface area contributed by atoms with Gasteiger partial charge in [0.15, 0.2) is 0 Å². The maximum absolute atomic E-state index is 11.9. The number of hydrogen-bond donors (Lipinski definition) is 3. The van der Waals surface area contributed by atoms with E-state index in [4.69, 9.17) is 15.2 Å². The van der Waals surface area contributed by atoms with Crippen LogP contribution in [0.2, 0.25) is 0 Å². The number of carbonyl (C=O) groups is 2. The predicted octanol–water partition coefficient (Wildman–Crippen LogP) is 1.38. The second-order valence-electron chi connectivity index (χ2n) is 4.79. The highest BCUT2D eigenvalue weighted by Crippen LogP contribution is 2.16. The molecular weight excluding hydrogens is 322 g/mol. The molecule has 1 aromatic carbocycles. The Bertz CT molecular complexity index is 509. The summed E-state index contributed by atoms with van der Waals surface area (Å²) >= 11 is 0. The maximum Gasteiger partial charge on any atom is 0.253 e. The van der Waals surface area contributed by atoms with Crippen molar-refractivity contribution < 1.29 is 19.1 Å². The van der Waals surface area contributed by atoms with E-state index >= 15 is 0 Å². The van der Waals surface area contributed by atoms with Gasteiger partial charge in [-0.25, -0.2) is 0 Å². The average molecular weight is 346 g/mol. The normalized spacial score (nSPS) is 12.7. The van der Waals surface area contributed by atoms with Gasteiger partial charge in [0.05, 0.1) is 12.5 Å². The molecule has 130 valence electrons. The molecule has 23 heavy (non-hydrogen) atoms. The van der Waals surface area contributed by atoms with Gasteiger partial charge in [0.1, 0.15) is 6.10 Å². The van der Waals surface area contributed by atoms with Crippen molar-refractivity contribution >= 4 is 35.6 Å². The van der Waals surface area contributed by atoms with Crippen molar-refractivity contribution in [2.75, 3.05) is 31.4 Å². The van der Waals surface area contributed by atoms with Crippen molar-refractivity contribution in [3.8, 4) is 0 Å². The van der Waals surface area contributed by atoms with Crippen LogP contribution in [0.1, 0.15) is 13.3 Å². The highest BCUT2D eigenvalue weighted by Gasteiger charge is 2.13. The molecule has 8 heteroatoms. The SMILES string of the molecule is COC(CN)CC(=O)Nc1cccc(NC(=O)C(C)OC)c1.Cl. The minimum Gasteiger partial charge on any atom is -0.380 e. The highest BCUT2D eigenvalue weighted by molar-refractivity contribution is 5.95. The van der Waals surface area contributed by atoms with Crippen molar-refractivity contribution in [2.24, 2.45) is 5.73 Å². The molecule has 0 heterocycles. The van der Waals surface area contributed by atoms with Gasteiger partial charge in [0, 0.05) is 32.1 Å². The molecule has 0 aliphatic carbocycles. The first-order chi connectivity index (χ1) is 10.5. The third-order valence-corrected chi connectivity index (χ3v) is 3.15. The number of nitrogens with one attached hydrogen (secondary N) is 2. The zero-order valence-corrected chi connectivity index (χ0v) is 14.3. The fourth-order valence-electron chi connectivity index (χ4n) is 1.71. The predicted molar refractivity (Wildman–Crippen MR) is 91.9 cm³/mol. The number of hydrogen-bond acceptors (Lipinski definition) is 5. The Kier molecular flexibility index (Phi) is 10.2. The number of methoxy groups -OCH3 is 2. The van der Waals surface area contributed by atoms with Gasteiger partial charge in [0.25, 0.3) is 5.91 Å². The van der Waals surface area contributed by atoms with E-state index < -0.39 is 6.10 Å². The fraction of sp³-hybridized carbons (Fsp3) is 0.467. The number of amides is 2. The quantitative estimate of drug-likeness (QED) is 0.660. The van der Waals surface area contributed by atoms with Gasteiger partial charge in [-0.1, -0.05) is 6.07 Å². The van der Waals surface area contributed by atoms with Gasteiger partial charge in [-0.05, 0) is 25.1 Å². The molecule has 7 nitrogen and oxygen atoms in total.